The first-order chi connectivity index (χ1) is 8.81. The van der Waals surface area contributed by atoms with E-state index < -0.39 is 11.9 Å². The van der Waals surface area contributed by atoms with Gasteiger partial charge in [-0.3, -0.25) is 9.59 Å². The van der Waals surface area contributed by atoms with E-state index in [-0.39, 0.29) is 28.2 Å². The van der Waals surface area contributed by atoms with Gasteiger partial charge in [0.15, 0.2) is 0 Å². The van der Waals surface area contributed by atoms with E-state index in [1.165, 1.54) is 17.2 Å². The summed E-state index contributed by atoms with van der Waals surface area (Å²) < 4.78 is 0. The van der Waals surface area contributed by atoms with Crippen LogP contribution in [0.15, 0.2) is 12.3 Å². The number of nitrogens with zero attached hydrogens (tertiary/aromatic N) is 2. The number of pyridine rings is 1. The first-order valence-corrected chi connectivity index (χ1v) is 6.39. The van der Waals surface area contributed by atoms with Crippen LogP contribution in [0.1, 0.15) is 24.2 Å². The molecule has 0 saturated carbocycles. The Balaban J connectivity index is 3.03. The van der Waals surface area contributed by atoms with Crippen LogP contribution >= 0.6 is 23.2 Å². The molecule has 0 fully saturated rings. The molecule has 1 N–H and O–H groups in total. The summed E-state index contributed by atoms with van der Waals surface area (Å²) in [6.07, 6.45) is 1.27. The molecule has 0 aliphatic heterocycles. The Bertz CT molecular complexity index is 492. The zero-order valence-corrected chi connectivity index (χ0v) is 12.1. The maximum absolute atomic E-state index is 12.3. The van der Waals surface area contributed by atoms with Gasteiger partial charge in [0.1, 0.15) is 11.7 Å². The predicted octanol–water partition coefficient (Wildman–Crippen LogP) is 2.57. The largest absolute Gasteiger partial charge is 0.480 e. The summed E-state index contributed by atoms with van der Waals surface area (Å²) in [6.45, 7) is 3.72. The molecule has 0 radical (unpaired) electrons. The zero-order valence-electron chi connectivity index (χ0n) is 10.6. The second-order valence-corrected chi connectivity index (χ2v) is 5.25. The number of halogens is 2. The molecule has 0 aromatic carbocycles. The number of hydrogen-bond donors (Lipinski definition) is 1. The lowest BCUT2D eigenvalue weighted by Gasteiger charge is -2.23. The van der Waals surface area contributed by atoms with Crippen LogP contribution in [0, 0.1) is 5.92 Å². The summed E-state index contributed by atoms with van der Waals surface area (Å²) in [4.78, 5) is 28.1. The Morgan fingerprint density at radius 2 is 2.05 bits per heavy atom. The summed E-state index contributed by atoms with van der Waals surface area (Å²) in [5.41, 5.74) is 0.156. The minimum absolute atomic E-state index is 0.132. The third-order valence-electron chi connectivity index (χ3n) is 2.25. The van der Waals surface area contributed by atoms with Crippen molar-refractivity contribution in [2.75, 3.05) is 13.1 Å². The first-order valence-electron chi connectivity index (χ1n) is 5.63. The lowest BCUT2D eigenvalue weighted by Crippen LogP contribution is -2.38. The lowest BCUT2D eigenvalue weighted by atomic mass is 10.1. The van der Waals surface area contributed by atoms with E-state index in [1.807, 2.05) is 13.8 Å². The van der Waals surface area contributed by atoms with Gasteiger partial charge in [-0.25, -0.2) is 4.98 Å². The van der Waals surface area contributed by atoms with E-state index in [1.54, 1.807) is 0 Å². The number of hydrogen-bond acceptors (Lipinski definition) is 3. The van der Waals surface area contributed by atoms with Gasteiger partial charge < -0.3 is 10.0 Å². The second-order valence-electron chi connectivity index (χ2n) is 4.46. The molecule has 0 bridgehead atoms. The van der Waals surface area contributed by atoms with Crippen molar-refractivity contribution in [1.29, 1.82) is 0 Å². The van der Waals surface area contributed by atoms with Crippen LogP contribution in [0.4, 0.5) is 0 Å². The third-order valence-corrected chi connectivity index (χ3v) is 2.76. The van der Waals surface area contributed by atoms with Crippen LogP contribution in [-0.2, 0) is 4.79 Å². The van der Waals surface area contributed by atoms with Crippen molar-refractivity contribution in [3.05, 3.63) is 28.0 Å². The molecule has 0 atom stereocenters. The lowest BCUT2D eigenvalue weighted by molar-refractivity contribution is -0.137. The van der Waals surface area contributed by atoms with Gasteiger partial charge in [0, 0.05) is 12.7 Å². The maximum Gasteiger partial charge on any atom is 0.323 e. The van der Waals surface area contributed by atoms with Crippen molar-refractivity contribution < 1.29 is 14.7 Å². The second kappa shape index (κ2) is 6.73. The van der Waals surface area contributed by atoms with Gasteiger partial charge in [0.2, 0.25) is 0 Å². The number of aliphatic carboxylic acids is 1. The highest BCUT2D eigenvalue weighted by Gasteiger charge is 2.22. The van der Waals surface area contributed by atoms with Gasteiger partial charge in [-0.15, -0.1) is 0 Å². The topological polar surface area (TPSA) is 70.5 Å². The fourth-order valence-corrected chi connectivity index (χ4v) is 1.91. The molecule has 7 heteroatoms. The molecular weight excluding hydrogens is 291 g/mol. The monoisotopic (exact) mass is 304 g/mol. The molecule has 0 aliphatic carbocycles. The normalized spacial score (nSPS) is 10.6. The Hall–Kier alpha value is -1.33. The van der Waals surface area contributed by atoms with Crippen molar-refractivity contribution in [2.24, 2.45) is 5.92 Å². The predicted molar refractivity (Wildman–Crippen MR) is 72.6 cm³/mol. The molecule has 0 saturated heterocycles. The van der Waals surface area contributed by atoms with Gasteiger partial charge in [-0.2, -0.15) is 0 Å². The molecule has 1 aromatic heterocycles. The highest BCUT2D eigenvalue weighted by atomic mass is 35.5. The molecule has 1 rings (SSSR count). The van der Waals surface area contributed by atoms with Crippen molar-refractivity contribution in [3.63, 3.8) is 0 Å². The highest BCUT2D eigenvalue weighted by Crippen LogP contribution is 2.20. The third kappa shape index (κ3) is 4.69. The Morgan fingerprint density at radius 1 is 1.42 bits per heavy atom. The molecule has 104 valence electrons. The van der Waals surface area contributed by atoms with E-state index >= 15 is 0 Å². The van der Waals surface area contributed by atoms with Crippen LogP contribution in [0.2, 0.25) is 10.2 Å². The van der Waals surface area contributed by atoms with Crippen molar-refractivity contribution >= 4 is 35.1 Å². The summed E-state index contributed by atoms with van der Waals surface area (Å²) in [7, 11) is 0. The number of carboxylic acids is 1. The molecule has 0 aliphatic rings. The summed E-state index contributed by atoms with van der Waals surface area (Å²) in [5, 5.41) is 9.13. The van der Waals surface area contributed by atoms with Crippen LogP contribution in [0.25, 0.3) is 0 Å². The zero-order chi connectivity index (χ0) is 14.6. The number of carbonyl (C=O) groups excluding carboxylic acids is 1. The van der Waals surface area contributed by atoms with Gasteiger partial charge in [-0.05, 0) is 12.0 Å². The molecular formula is C12H14Cl2N2O3. The Morgan fingerprint density at radius 3 is 2.58 bits per heavy atom. The van der Waals surface area contributed by atoms with Crippen molar-refractivity contribution in [3.8, 4) is 0 Å². The summed E-state index contributed by atoms with van der Waals surface area (Å²) >= 11 is 11.6. The van der Waals surface area contributed by atoms with Crippen LogP contribution in [0.5, 0.6) is 0 Å². The highest BCUT2D eigenvalue weighted by molar-refractivity contribution is 6.35. The molecule has 1 amide bonds. The van der Waals surface area contributed by atoms with E-state index in [9.17, 15) is 9.59 Å². The molecule has 0 spiro atoms. The molecule has 1 aromatic rings. The van der Waals surface area contributed by atoms with Gasteiger partial charge in [0.05, 0.1) is 10.6 Å². The molecule has 0 unspecified atom stereocenters. The fraction of sp³-hybridized carbons (Fsp3) is 0.417. The van der Waals surface area contributed by atoms with E-state index in [0.717, 1.165) is 0 Å². The average molecular weight is 305 g/mol. The van der Waals surface area contributed by atoms with Gasteiger partial charge in [-0.1, -0.05) is 37.0 Å². The molecule has 1 heterocycles. The molecule has 5 nitrogen and oxygen atoms in total. The fourth-order valence-electron chi connectivity index (χ4n) is 1.57. The van der Waals surface area contributed by atoms with Crippen LogP contribution in [0.3, 0.4) is 0 Å². The maximum atomic E-state index is 12.3. The first kappa shape index (κ1) is 15.7. The van der Waals surface area contributed by atoms with Crippen LogP contribution in [-0.4, -0.2) is 40.0 Å². The average Bonchev–Trinajstić information content (AvgIpc) is 2.29. The van der Waals surface area contributed by atoms with Crippen molar-refractivity contribution in [2.45, 2.75) is 13.8 Å². The van der Waals surface area contributed by atoms with Crippen LogP contribution < -0.4 is 0 Å². The number of carbonyl (C=O) groups is 2. The smallest absolute Gasteiger partial charge is 0.323 e. The number of aromatic nitrogens is 1. The summed E-state index contributed by atoms with van der Waals surface area (Å²) in [6, 6.07) is 1.33. The Kier molecular flexibility index (Phi) is 5.57. The minimum atomic E-state index is -1.08. The minimum Gasteiger partial charge on any atom is -0.480 e. The number of amides is 1. The van der Waals surface area contributed by atoms with E-state index in [2.05, 4.69) is 4.98 Å². The summed E-state index contributed by atoms with van der Waals surface area (Å²) in [5.74, 6) is -1.41. The number of rotatable bonds is 5. The standard InChI is InChI=1S/C12H14Cl2N2O3/c1-7(2)5-16(6-11(17)18)12(19)8-3-10(14)15-4-9(8)13/h3-4,7H,5-6H2,1-2H3,(H,17,18). The van der Waals surface area contributed by atoms with E-state index in [4.69, 9.17) is 28.3 Å². The van der Waals surface area contributed by atoms with Gasteiger partial charge in [0.25, 0.3) is 5.91 Å². The van der Waals surface area contributed by atoms with E-state index in [0.29, 0.717) is 6.54 Å². The molecule has 19 heavy (non-hydrogen) atoms. The quantitative estimate of drug-likeness (QED) is 0.849. The SMILES string of the molecule is CC(C)CN(CC(=O)O)C(=O)c1cc(Cl)ncc1Cl. The van der Waals surface area contributed by atoms with Crippen molar-refractivity contribution in [1.82, 2.24) is 9.88 Å². The Labute approximate surface area is 121 Å². The number of carboxylic acid groups (broad SMARTS) is 1. The van der Waals surface area contributed by atoms with Gasteiger partial charge >= 0.3 is 5.97 Å².